The Morgan fingerprint density at radius 2 is 2.06 bits per heavy atom. The van der Waals surface area contributed by atoms with Crippen LogP contribution in [0.5, 0.6) is 0 Å². The smallest absolute Gasteiger partial charge is 0.237 e. The Morgan fingerprint density at radius 1 is 1.39 bits per heavy atom. The number of anilines is 1. The molecule has 0 saturated carbocycles. The molecule has 98 valence electrons. The molecular weight excluding hydrogens is 323 g/mol. The van der Waals surface area contributed by atoms with Gasteiger partial charge in [0.25, 0.3) is 0 Å². The maximum atomic E-state index is 11.7. The van der Waals surface area contributed by atoms with E-state index in [0.717, 1.165) is 0 Å². The third-order valence-corrected chi connectivity index (χ3v) is 4.88. The van der Waals surface area contributed by atoms with Gasteiger partial charge in [-0.2, -0.15) is 0 Å². The highest BCUT2D eigenvalue weighted by molar-refractivity contribution is 8.14. The van der Waals surface area contributed by atoms with Crippen molar-refractivity contribution in [1.29, 1.82) is 0 Å². The SMILES string of the molecule is O=C1CC(S(=O)(=O)Cl)CN1c1ncc(Cl)cc1Cl. The Hall–Kier alpha value is -0.560. The number of carbonyl (C=O) groups excluding carboxylic acids is 1. The first kappa shape index (κ1) is 13.9. The molecule has 0 spiro atoms. The molecule has 1 aliphatic heterocycles. The molecule has 5 nitrogen and oxygen atoms in total. The average Bonchev–Trinajstić information content (AvgIpc) is 2.60. The van der Waals surface area contributed by atoms with Crippen LogP contribution in [0.2, 0.25) is 10.0 Å². The molecule has 2 heterocycles. The molecule has 0 aliphatic carbocycles. The highest BCUT2D eigenvalue weighted by Gasteiger charge is 2.39. The van der Waals surface area contributed by atoms with Crippen molar-refractivity contribution in [1.82, 2.24) is 4.98 Å². The summed E-state index contributed by atoms with van der Waals surface area (Å²) in [5, 5.41) is -0.430. The molecule has 1 fully saturated rings. The predicted molar refractivity (Wildman–Crippen MR) is 69.8 cm³/mol. The number of halogens is 3. The summed E-state index contributed by atoms with van der Waals surface area (Å²) in [4.78, 5) is 16.9. The van der Waals surface area contributed by atoms with Gasteiger partial charge in [-0.15, -0.1) is 0 Å². The molecular formula is C9H7Cl3N2O3S. The highest BCUT2D eigenvalue weighted by Crippen LogP contribution is 2.31. The molecule has 9 heteroatoms. The molecule has 1 unspecified atom stereocenters. The number of rotatable bonds is 2. The van der Waals surface area contributed by atoms with Crippen LogP contribution < -0.4 is 4.90 Å². The standard InChI is InChI=1S/C9H7Cl3N2O3S/c10-5-1-7(11)9(13-3-5)14-4-6(2-8(14)15)18(12,16)17/h1,3,6H,2,4H2. The zero-order valence-corrected chi connectivity index (χ0v) is 11.9. The summed E-state index contributed by atoms with van der Waals surface area (Å²) in [7, 11) is 1.46. The monoisotopic (exact) mass is 328 g/mol. The second-order valence-electron chi connectivity index (χ2n) is 3.77. The first-order valence-electron chi connectivity index (χ1n) is 4.84. The minimum Gasteiger partial charge on any atom is -0.294 e. The van der Waals surface area contributed by atoms with Crippen LogP contribution in [-0.2, 0) is 13.8 Å². The largest absolute Gasteiger partial charge is 0.294 e. The number of hydrogen-bond acceptors (Lipinski definition) is 4. The first-order chi connectivity index (χ1) is 8.29. The second-order valence-corrected chi connectivity index (χ2v) is 7.52. The summed E-state index contributed by atoms with van der Waals surface area (Å²) in [5.41, 5.74) is 0. The van der Waals surface area contributed by atoms with Gasteiger partial charge in [-0.3, -0.25) is 9.69 Å². The number of aromatic nitrogens is 1. The van der Waals surface area contributed by atoms with Crippen LogP contribution in [0, 0.1) is 0 Å². The van der Waals surface area contributed by atoms with Gasteiger partial charge in [0.15, 0.2) is 5.82 Å². The summed E-state index contributed by atoms with van der Waals surface area (Å²) in [6.07, 6.45) is 1.16. The van der Waals surface area contributed by atoms with Gasteiger partial charge in [0, 0.05) is 29.8 Å². The van der Waals surface area contributed by atoms with E-state index in [2.05, 4.69) is 4.98 Å². The van der Waals surface area contributed by atoms with E-state index in [1.54, 1.807) is 0 Å². The van der Waals surface area contributed by atoms with Gasteiger partial charge in [0.05, 0.1) is 10.0 Å². The van der Waals surface area contributed by atoms with Crippen molar-refractivity contribution in [3.63, 3.8) is 0 Å². The molecule has 1 aromatic rings. The maximum Gasteiger partial charge on any atom is 0.237 e. The minimum atomic E-state index is -3.78. The van der Waals surface area contributed by atoms with Gasteiger partial charge < -0.3 is 0 Å². The van der Waals surface area contributed by atoms with Gasteiger partial charge in [0.1, 0.15) is 5.25 Å². The Labute approximate surface area is 118 Å². The molecule has 1 aromatic heterocycles. The summed E-state index contributed by atoms with van der Waals surface area (Å²) in [6, 6.07) is 1.43. The molecule has 2 rings (SSSR count). The number of carbonyl (C=O) groups is 1. The topological polar surface area (TPSA) is 67.3 Å². The third kappa shape index (κ3) is 2.71. The van der Waals surface area contributed by atoms with Gasteiger partial charge in [-0.05, 0) is 6.07 Å². The van der Waals surface area contributed by atoms with E-state index < -0.39 is 14.3 Å². The van der Waals surface area contributed by atoms with Crippen molar-refractivity contribution in [3.05, 3.63) is 22.3 Å². The van der Waals surface area contributed by atoms with Crippen molar-refractivity contribution in [3.8, 4) is 0 Å². The van der Waals surface area contributed by atoms with Crippen LogP contribution >= 0.6 is 33.9 Å². The predicted octanol–water partition coefficient (Wildman–Crippen LogP) is 2.06. The summed E-state index contributed by atoms with van der Waals surface area (Å²) in [5.74, 6) is -0.199. The molecule has 18 heavy (non-hydrogen) atoms. The lowest BCUT2D eigenvalue weighted by molar-refractivity contribution is -0.117. The Bertz CT molecular complexity index is 605. The summed E-state index contributed by atoms with van der Waals surface area (Å²) >= 11 is 11.6. The molecule has 0 N–H and O–H groups in total. The summed E-state index contributed by atoms with van der Waals surface area (Å²) < 4.78 is 22.4. The van der Waals surface area contributed by atoms with E-state index in [0.29, 0.717) is 5.02 Å². The van der Waals surface area contributed by atoms with Crippen molar-refractivity contribution >= 4 is 54.7 Å². The lowest BCUT2D eigenvalue weighted by Crippen LogP contribution is -2.27. The third-order valence-electron chi connectivity index (χ3n) is 2.53. The number of hydrogen-bond donors (Lipinski definition) is 0. The number of nitrogens with zero attached hydrogens (tertiary/aromatic N) is 2. The summed E-state index contributed by atoms with van der Waals surface area (Å²) in [6.45, 7) is -0.0565. The van der Waals surface area contributed by atoms with Crippen LogP contribution in [0.25, 0.3) is 0 Å². The van der Waals surface area contributed by atoms with E-state index in [9.17, 15) is 13.2 Å². The van der Waals surface area contributed by atoms with E-state index in [4.69, 9.17) is 33.9 Å². The Kier molecular flexibility index (Phi) is 3.73. The van der Waals surface area contributed by atoms with Gasteiger partial charge in [0.2, 0.25) is 15.0 Å². The fraction of sp³-hybridized carbons (Fsp3) is 0.333. The molecule has 1 aliphatic rings. The molecule has 1 atom stereocenters. The van der Waals surface area contributed by atoms with Gasteiger partial charge in [-0.25, -0.2) is 13.4 Å². The molecule has 0 bridgehead atoms. The lowest BCUT2D eigenvalue weighted by atomic mass is 10.4. The van der Waals surface area contributed by atoms with E-state index in [1.165, 1.54) is 17.2 Å². The Balaban J connectivity index is 2.33. The fourth-order valence-electron chi connectivity index (χ4n) is 1.67. The van der Waals surface area contributed by atoms with Gasteiger partial charge in [-0.1, -0.05) is 23.2 Å². The average molecular weight is 330 g/mol. The van der Waals surface area contributed by atoms with Crippen LogP contribution in [0.4, 0.5) is 5.82 Å². The van der Waals surface area contributed by atoms with Gasteiger partial charge >= 0.3 is 0 Å². The van der Waals surface area contributed by atoms with Crippen molar-refractivity contribution in [2.75, 3.05) is 11.4 Å². The Morgan fingerprint density at radius 3 is 2.56 bits per heavy atom. The molecule has 0 aromatic carbocycles. The van der Waals surface area contributed by atoms with Crippen LogP contribution in [0.3, 0.4) is 0 Å². The van der Waals surface area contributed by atoms with Crippen molar-refractivity contribution in [2.45, 2.75) is 11.7 Å². The zero-order valence-electron chi connectivity index (χ0n) is 8.81. The molecule has 0 radical (unpaired) electrons. The van der Waals surface area contributed by atoms with Crippen LogP contribution in [-0.4, -0.2) is 31.1 Å². The van der Waals surface area contributed by atoms with E-state index >= 15 is 0 Å². The number of amides is 1. The second kappa shape index (κ2) is 4.85. The highest BCUT2D eigenvalue weighted by atomic mass is 35.7. The molecule has 1 amide bonds. The normalized spacial score (nSPS) is 20.5. The van der Waals surface area contributed by atoms with Crippen LogP contribution in [0.1, 0.15) is 6.42 Å². The van der Waals surface area contributed by atoms with E-state index in [-0.39, 0.29) is 29.7 Å². The number of pyridine rings is 1. The lowest BCUT2D eigenvalue weighted by Gasteiger charge is -2.16. The van der Waals surface area contributed by atoms with Crippen molar-refractivity contribution in [2.24, 2.45) is 0 Å². The fourth-order valence-corrected chi connectivity index (χ4v) is 3.18. The maximum absolute atomic E-state index is 11.7. The molecule has 1 saturated heterocycles. The quantitative estimate of drug-likeness (QED) is 0.779. The zero-order chi connectivity index (χ0) is 13.5. The van der Waals surface area contributed by atoms with Crippen molar-refractivity contribution < 1.29 is 13.2 Å². The van der Waals surface area contributed by atoms with Crippen LogP contribution in [0.15, 0.2) is 12.3 Å². The minimum absolute atomic E-state index is 0.0565. The first-order valence-corrected chi connectivity index (χ1v) is 7.97. The van der Waals surface area contributed by atoms with E-state index in [1.807, 2.05) is 0 Å².